The Labute approximate surface area is 154 Å². The van der Waals surface area contributed by atoms with Crippen LogP contribution >= 0.6 is 0 Å². The number of Topliss-reactive ketones (excluding diaryl/α,β-unsaturated/α-hetero) is 2. The van der Waals surface area contributed by atoms with Gasteiger partial charge in [-0.05, 0) is 12.8 Å². The zero-order chi connectivity index (χ0) is 19.3. The molecule has 0 atom stereocenters. The standard InChI is InChI=1S/C19H24N2O4S/c1-4-11-20-26(24,25)19-16(21(12-5-2)13-6-3)17(22)14-9-7-8-10-15(14)18(19)23/h4,7-10,20H,1,5-6,11-13H2,2-3H3. The van der Waals surface area contributed by atoms with Crippen LogP contribution in [-0.4, -0.2) is 44.5 Å². The van der Waals surface area contributed by atoms with Crippen molar-refractivity contribution in [3.63, 3.8) is 0 Å². The van der Waals surface area contributed by atoms with Crippen molar-refractivity contribution in [3.8, 4) is 0 Å². The lowest BCUT2D eigenvalue weighted by Gasteiger charge is -2.30. The van der Waals surface area contributed by atoms with Crippen LogP contribution < -0.4 is 4.72 Å². The molecule has 7 heteroatoms. The van der Waals surface area contributed by atoms with Crippen molar-refractivity contribution >= 4 is 21.6 Å². The Kier molecular flexibility index (Phi) is 6.50. The average molecular weight is 376 g/mol. The molecule has 1 N–H and O–H groups in total. The summed E-state index contributed by atoms with van der Waals surface area (Å²) >= 11 is 0. The fourth-order valence-corrected chi connectivity index (χ4v) is 4.30. The van der Waals surface area contributed by atoms with E-state index in [9.17, 15) is 18.0 Å². The van der Waals surface area contributed by atoms with Crippen molar-refractivity contribution in [2.75, 3.05) is 19.6 Å². The number of nitrogens with zero attached hydrogens (tertiary/aromatic N) is 1. The van der Waals surface area contributed by atoms with Crippen LogP contribution in [0.3, 0.4) is 0 Å². The van der Waals surface area contributed by atoms with Crippen LogP contribution in [0.2, 0.25) is 0 Å². The maximum Gasteiger partial charge on any atom is 0.246 e. The number of fused-ring (bicyclic) bond motifs is 1. The molecule has 140 valence electrons. The molecular weight excluding hydrogens is 352 g/mol. The van der Waals surface area contributed by atoms with E-state index in [1.807, 2.05) is 13.8 Å². The van der Waals surface area contributed by atoms with Crippen LogP contribution in [0.5, 0.6) is 0 Å². The molecule has 0 spiro atoms. The van der Waals surface area contributed by atoms with Gasteiger partial charge in [-0.15, -0.1) is 6.58 Å². The van der Waals surface area contributed by atoms with Crippen LogP contribution in [0.1, 0.15) is 47.4 Å². The summed E-state index contributed by atoms with van der Waals surface area (Å²) in [6.45, 7) is 8.33. The van der Waals surface area contributed by atoms with Gasteiger partial charge in [0.15, 0.2) is 4.91 Å². The minimum Gasteiger partial charge on any atom is -0.367 e. The maximum absolute atomic E-state index is 13.1. The third-order valence-electron chi connectivity index (χ3n) is 4.04. The van der Waals surface area contributed by atoms with Crippen LogP contribution in [-0.2, 0) is 10.0 Å². The molecule has 0 fully saturated rings. The highest BCUT2D eigenvalue weighted by Crippen LogP contribution is 2.31. The van der Waals surface area contributed by atoms with Crippen LogP contribution in [0, 0.1) is 0 Å². The van der Waals surface area contributed by atoms with Gasteiger partial charge in [-0.1, -0.05) is 44.2 Å². The van der Waals surface area contributed by atoms with E-state index in [-0.39, 0.29) is 23.4 Å². The summed E-state index contributed by atoms with van der Waals surface area (Å²) in [5.41, 5.74) is 0.328. The highest BCUT2D eigenvalue weighted by atomic mass is 32.2. The van der Waals surface area contributed by atoms with Gasteiger partial charge in [0.25, 0.3) is 0 Å². The van der Waals surface area contributed by atoms with Crippen LogP contribution in [0.4, 0.5) is 0 Å². The van der Waals surface area contributed by atoms with E-state index in [0.717, 1.165) is 12.8 Å². The molecule has 6 nitrogen and oxygen atoms in total. The summed E-state index contributed by atoms with van der Waals surface area (Å²) in [4.78, 5) is 27.4. The van der Waals surface area contributed by atoms with Gasteiger partial charge in [-0.2, -0.15) is 0 Å². The van der Waals surface area contributed by atoms with Gasteiger partial charge >= 0.3 is 0 Å². The van der Waals surface area contributed by atoms with Gasteiger partial charge in [0.05, 0.1) is 0 Å². The van der Waals surface area contributed by atoms with E-state index in [1.54, 1.807) is 23.1 Å². The second-order valence-electron chi connectivity index (χ2n) is 6.01. The maximum atomic E-state index is 13.1. The Morgan fingerprint density at radius 3 is 2.08 bits per heavy atom. The summed E-state index contributed by atoms with van der Waals surface area (Å²) in [6, 6.07) is 6.33. The third kappa shape index (κ3) is 3.78. The minimum absolute atomic E-state index is 0.0240. The Morgan fingerprint density at radius 2 is 1.58 bits per heavy atom. The lowest BCUT2D eigenvalue weighted by molar-refractivity contribution is 0.0946. The second-order valence-corrected chi connectivity index (χ2v) is 7.71. The molecule has 0 bridgehead atoms. The van der Waals surface area contributed by atoms with E-state index in [0.29, 0.717) is 13.1 Å². The van der Waals surface area contributed by atoms with Gasteiger partial charge in [-0.25, -0.2) is 13.1 Å². The number of hydrogen-bond donors (Lipinski definition) is 1. The fraction of sp³-hybridized carbons (Fsp3) is 0.368. The lowest BCUT2D eigenvalue weighted by atomic mass is 9.91. The molecule has 0 amide bonds. The molecule has 0 aliphatic heterocycles. The first kappa shape index (κ1) is 20.1. The van der Waals surface area contributed by atoms with Gasteiger partial charge < -0.3 is 4.90 Å². The number of hydrogen-bond acceptors (Lipinski definition) is 5. The van der Waals surface area contributed by atoms with Crippen molar-refractivity contribution in [3.05, 3.63) is 58.6 Å². The van der Waals surface area contributed by atoms with Gasteiger partial charge in [-0.3, -0.25) is 9.59 Å². The molecule has 0 heterocycles. The largest absolute Gasteiger partial charge is 0.367 e. The molecule has 1 aromatic carbocycles. The average Bonchev–Trinajstić information content (AvgIpc) is 2.62. The molecule has 26 heavy (non-hydrogen) atoms. The SMILES string of the molecule is C=CCNS(=O)(=O)C1=C(N(CCC)CCC)C(=O)c2ccccc2C1=O. The van der Waals surface area contributed by atoms with Gasteiger partial charge in [0.1, 0.15) is 5.70 Å². The highest BCUT2D eigenvalue weighted by molar-refractivity contribution is 7.94. The molecule has 0 aromatic heterocycles. The summed E-state index contributed by atoms with van der Waals surface area (Å²) in [5.74, 6) is -1.08. The normalized spacial score (nSPS) is 14.4. The number of benzene rings is 1. The lowest BCUT2D eigenvalue weighted by Crippen LogP contribution is -2.40. The summed E-state index contributed by atoms with van der Waals surface area (Å²) in [6.07, 6.45) is 2.83. The Balaban J connectivity index is 2.73. The smallest absolute Gasteiger partial charge is 0.246 e. The predicted octanol–water partition coefficient (Wildman–Crippen LogP) is 2.50. The summed E-state index contributed by atoms with van der Waals surface area (Å²) < 4.78 is 28.0. The molecule has 2 rings (SSSR count). The van der Waals surface area contributed by atoms with Crippen molar-refractivity contribution in [2.45, 2.75) is 26.7 Å². The third-order valence-corrected chi connectivity index (χ3v) is 5.51. The fourth-order valence-electron chi connectivity index (χ4n) is 2.99. The molecule has 1 aliphatic rings. The molecule has 0 saturated carbocycles. The number of nitrogens with one attached hydrogen (secondary N) is 1. The number of rotatable bonds is 9. The predicted molar refractivity (Wildman–Crippen MR) is 101 cm³/mol. The zero-order valence-electron chi connectivity index (χ0n) is 15.1. The number of carbonyl (C=O) groups excluding carboxylic acids is 2. The Hall–Kier alpha value is -2.25. The molecular formula is C19H24N2O4S. The molecule has 1 aromatic rings. The van der Waals surface area contributed by atoms with Crippen LogP contribution in [0.15, 0.2) is 47.5 Å². The first-order valence-electron chi connectivity index (χ1n) is 8.67. The summed E-state index contributed by atoms with van der Waals surface area (Å²) in [7, 11) is -4.15. The number of ketones is 2. The second kappa shape index (κ2) is 8.42. The molecule has 0 unspecified atom stereocenters. The monoisotopic (exact) mass is 376 g/mol. The van der Waals surface area contributed by atoms with E-state index in [4.69, 9.17) is 0 Å². The first-order chi connectivity index (χ1) is 12.4. The van der Waals surface area contributed by atoms with Crippen molar-refractivity contribution < 1.29 is 18.0 Å². The molecule has 0 saturated heterocycles. The number of sulfonamides is 1. The van der Waals surface area contributed by atoms with Crippen LogP contribution in [0.25, 0.3) is 0 Å². The topological polar surface area (TPSA) is 83.6 Å². The van der Waals surface area contributed by atoms with Crippen molar-refractivity contribution in [1.82, 2.24) is 9.62 Å². The first-order valence-corrected chi connectivity index (χ1v) is 10.2. The quantitative estimate of drug-likeness (QED) is 0.670. The Morgan fingerprint density at radius 1 is 1.04 bits per heavy atom. The van der Waals surface area contributed by atoms with E-state index in [1.165, 1.54) is 12.1 Å². The van der Waals surface area contributed by atoms with E-state index in [2.05, 4.69) is 11.3 Å². The minimum atomic E-state index is -4.15. The molecule has 1 aliphatic carbocycles. The number of carbonyl (C=O) groups is 2. The summed E-state index contributed by atoms with van der Waals surface area (Å²) in [5, 5.41) is 0. The van der Waals surface area contributed by atoms with Gasteiger partial charge in [0.2, 0.25) is 21.6 Å². The van der Waals surface area contributed by atoms with E-state index < -0.39 is 26.5 Å². The van der Waals surface area contributed by atoms with Gasteiger partial charge in [0, 0.05) is 30.8 Å². The molecule has 0 radical (unpaired) electrons. The van der Waals surface area contributed by atoms with E-state index >= 15 is 0 Å². The van der Waals surface area contributed by atoms with Crippen molar-refractivity contribution in [1.29, 1.82) is 0 Å². The zero-order valence-corrected chi connectivity index (χ0v) is 15.9. The Bertz CT molecular complexity index is 850. The van der Waals surface area contributed by atoms with Crippen molar-refractivity contribution in [2.24, 2.45) is 0 Å². The highest BCUT2D eigenvalue weighted by Gasteiger charge is 2.40. The number of allylic oxidation sites excluding steroid dienone is 2.